The second kappa shape index (κ2) is 7.62. The van der Waals surface area contributed by atoms with Gasteiger partial charge < -0.3 is 10.2 Å². The normalized spacial score (nSPS) is 14.5. The number of rotatable bonds is 4. The van der Waals surface area contributed by atoms with Gasteiger partial charge in [0.1, 0.15) is 11.6 Å². The predicted octanol–water partition coefficient (Wildman–Crippen LogP) is 4.11. The number of carbonyl (C=O) groups is 1. The van der Waals surface area contributed by atoms with Crippen LogP contribution in [0.2, 0.25) is 5.02 Å². The van der Waals surface area contributed by atoms with Gasteiger partial charge in [-0.2, -0.15) is 0 Å². The lowest BCUT2D eigenvalue weighted by molar-refractivity contribution is 0.0724. The number of anilines is 1. The summed E-state index contributed by atoms with van der Waals surface area (Å²) < 4.78 is 13.2. The molecule has 0 aliphatic carbocycles. The van der Waals surface area contributed by atoms with Crippen LogP contribution in [0.15, 0.2) is 36.5 Å². The Morgan fingerprint density at radius 3 is 2.75 bits per heavy atom. The van der Waals surface area contributed by atoms with Crippen LogP contribution in [0.4, 0.5) is 10.2 Å². The summed E-state index contributed by atoms with van der Waals surface area (Å²) in [7, 11) is 0. The number of halogens is 2. The van der Waals surface area contributed by atoms with Crippen LogP contribution >= 0.6 is 11.6 Å². The van der Waals surface area contributed by atoms with Crippen LogP contribution in [0, 0.1) is 5.82 Å². The van der Waals surface area contributed by atoms with Crippen molar-refractivity contribution in [3.63, 3.8) is 0 Å². The molecule has 1 aliphatic rings. The smallest absolute Gasteiger partial charge is 0.255 e. The maximum atomic E-state index is 13.2. The molecule has 0 saturated carbocycles. The molecule has 1 fully saturated rings. The third kappa shape index (κ3) is 4.03. The largest absolute Gasteiger partial charge is 0.365 e. The van der Waals surface area contributed by atoms with Gasteiger partial charge in [0.2, 0.25) is 0 Å². The number of hydrogen-bond donors (Lipinski definition) is 1. The zero-order chi connectivity index (χ0) is 16.9. The highest BCUT2D eigenvalue weighted by Crippen LogP contribution is 2.22. The quantitative estimate of drug-likeness (QED) is 0.905. The van der Waals surface area contributed by atoms with E-state index in [0.717, 1.165) is 31.5 Å². The first-order valence-electron chi connectivity index (χ1n) is 8.06. The summed E-state index contributed by atoms with van der Waals surface area (Å²) in [5, 5.41) is 3.45. The Morgan fingerprint density at radius 2 is 2.04 bits per heavy atom. The van der Waals surface area contributed by atoms with Gasteiger partial charge in [-0.1, -0.05) is 23.7 Å². The molecule has 1 saturated heterocycles. The lowest BCUT2D eigenvalue weighted by Gasteiger charge is -2.26. The van der Waals surface area contributed by atoms with Gasteiger partial charge in [0.15, 0.2) is 0 Å². The number of benzene rings is 1. The predicted molar refractivity (Wildman–Crippen MR) is 92.7 cm³/mol. The summed E-state index contributed by atoms with van der Waals surface area (Å²) in [5.41, 5.74) is 1.29. The number of aromatic nitrogens is 1. The summed E-state index contributed by atoms with van der Waals surface area (Å²) in [6.45, 7) is 1.98. The Balaban J connectivity index is 1.67. The molecule has 6 heteroatoms. The molecular weight excluding hydrogens is 329 g/mol. The minimum Gasteiger partial charge on any atom is -0.365 e. The molecular formula is C18H19ClFN3O. The van der Waals surface area contributed by atoms with Crippen LogP contribution < -0.4 is 5.32 Å². The van der Waals surface area contributed by atoms with E-state index in [1.807, 2.05) is 11.0 Å². The number of nitrogens with zero attached hydrogens (tertiary/aromatic N) is 2. The maximum Gasteiger partial charge on any atom is 0.255 e. The number of amides is 1. The molecule has 4 nitrogen and oxygen atoms in total. The van der Waals surface area contributed by atoms with Crippen LogP contribution in [0.1, 0.15) is 35.2 Å². The summed E-state index contributed by atoms with van der Waals surface area (Å²) in [4.78, 5) is 18.5. The molecule has 1 aromatic heterocycles. The number of piperidine rings is 1. The Hall–Kier alpha value is -2.14. The standard InChI is InChI=1S/C18H19ClFN3O/c19-16-10-14(18(24)23-7-2-1-3-8-23)12-22-17(16)21-11-13-5-4-6-15(20)9-13/h4-6,9-10,12H,1-3,7-8,11H2,(H,21,22). The lowest BCUT2D eigenvalue weighted by atomic mass is 10.1. The van der Waals surface area contributed by atoms with Gasteiger partial charge in [-0.15, -0.1) is 0 Å². The van der Waals surface area contributed by atoms with E-state index in [1.165, 1.54) is 24.8 Å². The van der Waals surface area contributed by atoms with Gasteiger partial charge in [0, 0.05) is 25.8 Å². The van der Waals surface area contributed by atoms with Crippen LogP contribution in [-0.4, -0.2) is 28.9 Å². The van der Waals surface area contributed by atoms with Crippen molar-refractivity contribution in [2.24, 2.45) is 0 Å². The Labute approximate surface area is 145 Å². The zero-order valence-electron chi connectivity index (χ0n) is 13.3. The molecule has 24 heavy (non-hydrogen) atoms. The second-order valence-electron chi connectivity index (χ2n) is 5.89. The zero-order valence-corrected chi connectivity index (χ0v) is 14.0. The molecule has 1 amide bonds. The van der Waals surface area contributed by atoms with E-state index < -0.39 is 0 Å². The fourth-order valence-corrected chi connectivity index (χ4v) is 3.03. The van der Waals surface area contributed by atoms with Crippen molar-refractivity contribution >= 4 is 23.3 Å². The molecule has 3 rings (SSSR count). The summed E-state index contributed by atoms with van der Waals surface area (Å²) in [6, 6.07) is 7.96. The van der Waals surface area contributed by atoms with Crippen LogP contribution in [0.5, 0.6) is 0 Å². The van der Waals surface area contributed by atoms with E-state index in [4.69, 9.17) is 11.6 Å². The van der Waals surface area contributed by atoms with E-state index in [2.05, 4.69) is 10.3 Å². The van der Waals surface area contributed by atoms with Gasteiger partial charge >= 0.3 is 0 Å². The van der Waals surface area contributed by atoms with Crippen molar-refractivity contribution in [1.29, 1.82) is 0 Å². The second-order valence-corrected chi connectivity index (χ2v) is 6.30. The molecule has 1 aromatic carbocycles. The monoisotopic (exact) mass is 347 g/mol. The van der Waals surface area contributed by atoms with Crippen LogP contribution in [0.25, 0.3) is 0 Å². The number of pyridine rings is 1. The van der Waals surface area contributed by atoms with E-state index in [1.54, 1.807) is 12.1 Å². The molecule has 2 heterocycles. The molecule has 0 bridgehead atoms. The highest BCUT2D eigenvalue weighted by atomic mass is 35.5. The first-order chi connectivity index (χ1) is 11.6. The number of likely N-dealkylation sites (tertiary alicyclic amines) is 1. The maximum absolute atomic E-state index is 13.2. The summed E-state index contributed by atoms with van der Waals surface area (Å²) in [6.07, 6.45) is 4.79. The van der Waals surface area contributed by atoms with Gasteiger partial charge in [-0.3, -0.25) is 4.79 Å². The topological polar surface area (TPSA) is 45.2 Å². The molecule has 0 unspecified atom stereocenters. The van der Waals surface area contributed by atoms with E-state index in [0.29, 0.717) is 22.9 Å². The van der Waals surface area contributed by atoms with Gasteiger partial charge in [0.05, 0.1) is 10.6 Å². The van der Waals surface area contributed by atoms with Gasteiger partial charge in [-0.05, 0) is 43.0 Å². The first kappa shape index (κ1) is 16.7. The van der Waals surface area contributed by atoms with Crippen molar-refractivity contribution in [2.75, 3.05) is 18.4 Å². The van der Waals surface area contributed by atoms with Crippen molar-refractivity contribution in [3.8, 4) is 0 Å². The number of carbonyl (C=O) groups excluding carboxylic acids is 1. The molecule has 1 aliphatic heterocycles. The molecule has 0 radical (unpaired) electrons. The van der Waals surface area contributed by atoms with Gasteiger partial charge in [0.25, 0.3) is 5.91 Å². The third-order valence-corrected chi connectivity index (χ3v) is 4.37. The van der Waals surface area contributed by atoms with E-state index in [-0.39, 0.29) is 11.7 Å². The molecule has 0 atom stereocenters. The molecule has 2 aromatic rings. The first-order valence-corrected chi connectivity index (χ1v) is 8.44. The van der Waals surface area contributed by atoms with Gasteiger partial charge in [-0.25, -0.2) is 9.37 Å². The fourth-order valence-electron chi connectivity index (χ4n) is 2.80. The number of hydrogen-bond acceptors (Lipinski definition) is 3. The lowest BCUT2D eigenvalue weighted by Crippen LogP contribution is -2.35. The third-order valence-electron chi connectivity index (χ3n) is 4.08. The average molecular weight is 348 g/mol. The summed E-state index contributed by atoms with van der Waals surface area (Å²) >= 11 is 6.24. The van der Waals surface area contributed by atoms with Crippen molar-refractivity contribution < 1.29 is 9.18 Å². The summed E-state index contributed by atoms with van der Waals surface area (Å²) in [5.74, 6) is 0.174. The van der Waals surface area contributed by atoms with Crippen LogP contribution in [-0.2, 0) is 6.54 Å². The van der Waals surface area contributed by atoms with Crippen molar-refractivity contribution in [3.05, 3.63) is 58.5 Å². The highest BCUT2D eigenvalue weighted by Gasteiger charge is 2.19. The Kier molecular flexibility index (Phi) is 5.30. The average Bonchev–Trinajstić information content (AvgIpc) is 2.61. The molecule has 1 N–H and O–H groups in total. The van der Waals surface area contributed by atoms with E-state index >= 15 is 0 Å². The SMILES string of the molecule is O=C(c1cnc(NCc2cccc(F)c2)c(Cl)c1)N1CCCCC1. The Morgan fingerprint density at radius 1 is 1.25 bits per heavy atom. The minimum absolute atomic E-state index is 0.0271. The molecule has 0 spiro atoms. The van der Waals surface area contributed by atoms with E-state index in [9.17, 15) is 9.18 Å². The molecule has 126 valence electrons. The van der Waals surface area contributed by atoms with Crippen molar-refractivity contribution in [2.45, 2.75) is 25.8 Å². The number of nitrogens with one attached hydrogen (secondary N) is 1. The van der Waals surface area contributed by atoms with Crippen molar-refractivity contribution in [1.82, 2.24) is 9.88 Å². The minimum atomic E-state index is -0.282. The van der Waals surface area contributed by atoms with Crippen LogP contribution in [0.3, 0.4) is 0 Å². The fraction of sp³-hybridized carbons (Fsp3) is 0.333. The Bertz CT molecular complexity index is 732. The highest BCUT2D eigenvalue weighted by molar-refractivity contribution is 6.33.